The number of nitrogens with zero attached hydrogens (tertiary/aromatic N) is 1. The van der Waals surface area contributed by atoms with Crippen molar-refractivity contribution in [2.24, 2.45) is 11.8 Å². The van der Waals surface area contributed by atoms with Gasteiger partial charge in [0.15, 0.2) is 0 Å². The molecule has 2 heterocycles. The zero-order chi connectivity index (χ0) is 26.2. The highest BCUT2D eigenvalue weighted by Crippen LogP contribution is 2.26. The van der Waals surface area contributed by atoms with Crippen molar-refractivity contribution in [3.63, 3.8) is 0 Å². The van der Waals surface area contributed by atoms with Crippen LogP contribution in [-0.2, 0) is 38.5 Å². The number of aliphatic hydroxyl groups excluding tert-OH is 1. The maximum absolute atomic E-state index is 13.4. The summed E-state index contributed by atoms with van der Waals surface area (Å²) in [5.41, 5.74) is 3.28. The molecule has 0 unspecified atom stereocenters. The van der Waals surface area contributed by atoms with Crippen LogP contribution in [0.5, 0.6) is 0 Å². The first-order chi connectivity index (χ1) is 17.9. The Labute approximate surface area is 218 Å². The zero-order valence-corrected chi connectivity index (χ0v) is 21.3. The Morgan fingerprint density at radius 2 is 1.68 bits per heavy atom. The van der Waals surface area contributed by atoms with Crippen molar-refractivity contribution in [1.29, 1.82) is 0 Å². The average Bonchev–Trinajstić information content (AvgIpc) is 2.91. The van der Waals surface area contributed by atoms with Crippen molar-refractivity contribution < 1.29 is 24.2 Å². The number of carbonyl (C=O) groups excluding carboxylic acids is 3. The third-order valence-corrected chi connectivity index (χ3v) is 7.21. The lowest BCUT2D eigenvalue weighted by Crippen LogP contribution is -2.48. The Morgan fingerprint density at radius 1 is 1.00 bits per heavy atom. The van der Waals surface area contributed by atoms with Crippen molar-refractivity contribution >= 4 is 17.8 Å². The molecule has 2 N–H and O–H groups in total. The summed E-state index contributed by atoms with van der Waals surface area (Å²) in [6.45, 7) is 2.18. The number of fused-ring (bicyclic) bond motifs is 1. The molecule has 7 nitrogen and oxygen atoms in total. The predicted molar refractivity (Wildman–Crippen MR) is 140 cm³/mol. The van der Waals surface area contributed by atoms with Crippen LogP contribution in [0.1, 0.15) is 42.9 Å². The van der Waals surface area contributed by atoms with E-state index in [1.807, 2.05) is 66.7 Å². The first kappa shape index (κ1) is 26.6. The fraction of sp³-hybridized carbons (Fsp3) is 0.433. The molecule has 37 heavy (non-hydrogen) atoms. The van der Waals surface area contributed by atoms with Gasteiger partial charge in [-0.25, -0.2) is 0 Å². The van der Waals surface area contributed by atoms with E-state index in [9.17, 15) is 19.5 Å². The number of hydrogen-bond acceptors (Lipinski definition) is 5. The first-order valence-corrected chi connectivity index (χ1v) is 13.1. The third kappa shape index (κ3) is 7.07. The van der Waals surface area contributed by atoms with Crippen LogP contribution < -0.4 is 5.32 Å². The molecule has 2 aromatic carbocycles. The molecule has 196 valence electrons. The second kappa shape index (κ2) is 12.7. The fourth-order valence-electron chi connectivity index (χ4n) is 5.06. The Hall–Kier alpha value is -3.45. The first-order valence-electron chi connectivity index (χ1n) is 13.1. The largest absolute Gasteiger partial charge is 0.463 e. The number of allylic oxidation sites excluding steroid dienone is 2. The number of rotatable bonds is 5. The molecule has 0 radical (unpaired) electrons. The second-order valence-corrected chi connectivity index (χ2v) is 10.1. The van der Waals surface area contributed by atoms with Gasteiger partial charge in [0.05, 0.1) is 30.5 Å². The van der Waals surface area contributed by atoms with Crippen LogP contribution in [0.15, 0.2) is 66.7 Å². The number of aliphatic hydroxyl groups is 1. The number of carbonyl (C=O) groups is 3. The summed E-state index contributed by atoms with van der Waals surface area (Å²) >= 11 is 0. The molecule has 0 saturated carbocycles. The van der Waals surface area contributed by atoms with Gasteiger partial charge in [-0.05, 0) is 49.3 Å². The number of esters is 1. The van der Waals surface area contributed by atoms with Crippen molar-refractivity contribution in [2.75, 3.05) is 13.2 Å². The standard InChI is InChI=1S/C30H36N2O5/c1-21-20-37-30(36)25(15-22-9-3-2-4-10-22)13-7-6-12-24(29(35)31-21)17-28(34)32-18-26-14-8-5-11-23(26)16-27(32)19-33/h2-11,14,21,24-25,27,33H,12-13,15-20H2,1H3,(H,31,35)/t21-,24+,25+,27-/m0/s1. The Morgan fingerprint density at radius 3 is 2.41 bits per heavy atom. The summed E-state index contributed by atoms with van der Waals surface area (Å²) in [5, 5.41) is 12.9. The number of ether oxygens (including phenoxy) is 1. The molecule has 2 aliphatic rings. The number of amides is 2. The van der Waals surface area contributed by atoms with Gasteiger partial charge in [-0.15, -0.1) is 0 Å². The van der Waals surface area contributed by atoms with E-state index >= 15 is 0 Å². The van der Waals surface area contributed by atoms with E-state index in [-0.39, 0.29) is 55.4 Å². The minimum atomic E-state index is -0.551. The van der Waals surface area contributed by atoms with Crippen LogP contribution >= 0.6 is 0 Å². The molecule has 7 heteroatoms. The highest BCUT2D eigenvalue weighted by molar-refractivity contribution is 5.86. The summed E-state index contributed by atoms with van der Waals surface area (Å²) in [6, 6.07) is 17.1. The zero-order valence-electron chi connectivity index (χ0n) is 21.3. The smallest absolute Gasteiger partial charge is 0.309 e. The number of cyclic esters (lactones) is 1. The molecule has 0 aromatic heterocycles. The monoisotopic (exact) mass is 504 g/mol. The molecule has 2 aliphatic heterocycles. The molecule has 4 atom stereocenters. The summed E-state index contributed by atoms with van der Waals surface area (Å²) < 4.78 is 5.54. The summed E-state index contributed by atoms with van der Waals surface area (Å²) in [4.78, 5) is 40.9. The van der Waals surface area contributed by atoms with E-state index < -0.39 is 5.92 Å². The third-order valence-electron chi connectivity index (χ3n) is 7.21. The molecule has 0 bridgehead atoms. The van der Waals surface area contributed by atoms with E-state index in [1.54, 1.807) is 11.8 Å². The molecular weight excluding hydrogens is 468 g/mol. The van der Waals surface area contributed by atoms with Crippen LogP contribution in [0.2, 0.25) is 0 Å². The van der Waals surface area contributed by atoms with E-state index in [1.165, 1.54) is 0 Å². The van der Waals surface area contributed by atoms with Gasteiger partial charge in [-0.3, -0.25) is 14.4 Å². The van der Waals surface area contributed by atoms with E-state index in [0.717, 1.165) is 16.7 Å². The fourth-order valence-corrected chi connectivity index (χ4v) is 5.06. The van der Waals surface area contributed by atoms with Crippen LogP contribution in [0.25, 0.3) is 0 Å². The molecule has 2 aromatic rings. The maximum Gasteiger partial charge on any atom is 0.309 e. The lowest BCUT2D eigenvalue weighted by molar-refractivity contribution is -0.149. The van der Waals surface area contributed by atoms with Gasteiger partial charge >= 0.3 is 5.97 Å². The maximum atomic E-state index is 13.4. The second-order valence-electron chi connectivity index (χ2n) is 10.1. The molecule has 2 amide bonds. The summed E-state index contributed by atoms with van der Waals surface area (Å²) in [6.07, 6.45) is 5.93. The van der Waals surface area contributed by atoms with Gasteiger partial charge < -0.3 is 20.1 Å². The average molecular weight is 505 g/mol. The van der Waals surface area contributed by atoms with E-state index in [4.69, 9.17) is 4.74 Å². The summed E-state index contributed by atoms with van der Waals surface area (Å²) in [5.74, 6) is -1.52. The molecule has 0 spiro atoms. The molecular formula is C30H36N2O5. The topological polar surface area (TPSA) is 95.9 Å². The van der Waals surface area contributed by atoms with Crippen molar-refractivity contribution in [3.8, 4) is 0 Å². The summed E-state index contributed by atoms with van der Waals surface area (Å²) in [7, 11) is 0. The van der Waals surface area contributed by atoms with Gasteiger partial charge in [-0.1, -0.05) is 66.7 Å². The van der Waals surface area contributed by atoms with Crippen molar-refractivity contribution in [1.82, 2.24) is 10.2 Å². The van der Waals surface area contributed by atoms with Gasteiger partial charge in [0.2, 0.25) is 11.8 Å². The van der Waals surface area contributed by atoms with Gasteiger partial charge in [0.1, 0.15) is 6.61 Å². The van der Waals surface area contributed by atoms with Crippen LogP contribution in [0.4, 0.5) is 0 Å². The van der Waals surface area contributed by atoms with Gasteiger partial charge in [0.25, 0.3) is 0 Å². The van der Waals surface area contributed by atoms with Crippen LogP contribution in [0, 0.1) is 11.8 Å². The number of nitrogens with one attached hydrogen (secondary N) is 1. The minimum absolute atomic E-state index is 0.0504. The highest BCUT2D eigenvalue weighted by Gasteiger charge is 2.32. The lowest BCUT2D eigenvalue weighted by Gasteiger charge is -2.36. The molecule has 0 saturated heterocycles. The Bertz CT molecular complexity index is 1120. The minimum Gasteiger partial charge on any atom is -0.463 e. The van der Waals surface area contributed by atoms with Crippen molar-refractivity contribution in [3.05, 3.63) is 83.4 Å². The van der Waals surface area contributed by atoms with Crippen LogP contribution in [-0.4, -0.2) is 53.1 Å². The molecule has 0 aliphatic carbocycles. The molecule has 0 fully saturated rings. The van der Waals surface area contributed by atoms with E-state index in [0.29, 0.717) is 32.2 Å². The highest BCUT2D eigenvalue weighted by atomic mass is 16.5. The SMILES string of the molecule is C[C@H]1COC(=O)[C@@H](Cc2ccccc2)CC=CC[C@H](CC(=O)N2Cc3ccccc3C[C@H]2CO)C(=O)N1. The van der Waals surface area contributed by atoms with Crippen LogP contribution in [0.3, 0.4) is 0 Å². The number of hydrogen-bond donors (Lipinski definition) is 2. The predicted octanol–water partition coefficient (Wildman–Crippen LogP) is 3.20. The Balaban J connectivity index is 1.46. The quantitative estimate of drug-likeness (QED) is 0.482. The molecule has 4 rings (SSSR count). The number of benzene rings is 2. The Kier molecular flexibility index (Phi) is 9.12. The van der Waals surface area contributed by atoms with Gasteiger partial charge in [-0.2, -0.15) is 0 Å². The van der Waals surface area contributed by atoms with E-state index in [2.05, 4.69) is 5.32 Å². The lowest BCUT2D eigenvalue weighted by atomic mass is 9.92. The normalized spacial score (nSPS) is 24.8. The van der Waals surface area contributed by atoms with Crippen molar-refractivity contribution in [2.45, 2.75) is 57.7 Å². The van der Waals surface area contributed by atoms with Gasteiger partial charge in [0, 0.05) is 13.0 Å².